The topological polar surface area (TPSA) is 99.5 Å². The Morgan fingerprint density at radius 3 is 1.56 bits per heavy atom. The zero-order valence-electron chi connectivity index (χ0n) is 25.2. The summed E-state index contributed by atoms with van der Waals surface area (Å²) in [7, 11) is 3.09. The molecule has 0 radical (unpaired) electrons. The van der Waals surface area contributed by atoms with Crippen molar-refractivity contribution in [2.24, 2.45) is 0 Å². The molecule has 4 aromatic rings. The minimum Gasteiger partial charge on any atom is -0.492 e. The predicted molar refractivity (Wildman–Crippen MR) is 163 cm³/mol. The Labute approximate surface area is 248 Å². The Kier molecular flexibility index (Phi) is 13.0. The highest BCUT2D eigenvalue weighted by molar-refractivity contribution is 6.30. The van der Waals surface area contributed by atoms with E-state index < -0.39 is 0 Å². The number of rotatable bonds is 6. The van der Waals surface area contributed by atoms with Crippen LogP contribution in [0.15, 0.2) is 73.6 Å². The van der Waals surface area contributed by atoms with E-state index in [2.05, 4.69) is 97.9 Å². The van der Waals surface area contributed by atoms with Crippen molar-refractivity contribution in [3.63, 3.8) is 0 Å². The number of aromatic nitrogens is 4. The van der Waals surface area contributed by atoms with Gasteiger partial charge < -0.3 is 19.3 Å². The molecular weight excluding hydrogens is 540 g/mol. The van der Waals surface area contributed by atoms with E-state index in [9.17, 15) is 0 Å². The third-order valence-corrected chi connectivity index (χ3v) is 6.20. The molecule has 0 fully saturated rings. The molecule has 1 N–H and O–H groups in total. The molecule has 0 saturated heterocycles. The molecule has 0 amide bonds. The van der Waals surface area contributed by atoms with Gasteiger partial charge in [-0.2, -0.15) is 4.98 Å². The minimum absolute atomic E-state index is 0.129. The molecule has 2 heterocycles. The summed E-state index contributed by atoms with van der Waals surface area (Å²) in [6.45, 7) is 13.7. The van der Waals surface area contributed by atoms with Crippen LogP contribution >= 0.6 is 11.6 Å². The molecule has 8 nitrogen and oxygen atoms in total. The maximum Gasteiger partial charge on any atom is 0.260 e. The van der Waals surface area contributed by atoms with E-state index in [0.29, 0.717) is 29.1 Å². The van der Waals surface area contributed by atoms with E-state index in [1.54, 1.807) is 13.3 Å². The Morgan fingerprint density at radius 2 is 1.15 bits per heavy atom. The monoisotopic (exact) mass is 580 g/mol. The second-order valence-corrected chi connectivity index (χ2v) is 11.5. The van der Waals surface area contributed by atoms with Crippen molar-refractivity contribution in [3.8, 4) is 17.4 Å². The first-order chi connectivity index (χ1) is 19.4. The number of nitrogens with zero attached hydrogens (tertiary/aromatic N) is 4. The van der Waals surface area contributed by atoms with Crippen molar-refractivity contribution in [1.82, 2.24) is 19.9 Å². The number of aliphatic hydroxyl groups is 1. The van der Waals surface area contributed by atoms with E-state index in [4.69, 9.17) is 30.9 Å². The minimum atomic E-state index is 0.129. The second-order valence-electron chi connectivity index (χ2n) is 11.1. The largest absolute Gasteiger partial charge is 0.492 e. The molecule has 41 heavy (non-hydrogen) atoms. The lowest BCUT2D eigenvalue weighted by atomic mass is 9.87. The molecule has 0 saturated carbocycles. The molecule has 4 rings (SSSR count). The fourth-order valence-electron chi connectivity index (χ4n) is 3.36. The fourth-order valence-corrected chi connectivity index (χ4v) is 3.53. The fraction of sp³-hybridized carbons (Fsp3) is 0.375. The van der Waals surface area contributed by atoms with Crippen LogP contribution in [0.3, 0.4) is 0 Å². The molecule has 0 unspecified atom stereocenters. The second kappa shape index (κ2) is 15.9. The molecule has 0 atom stereocenters. The van der Waals surface area contributed by atoms with Crippen molar-refractivity contribution < 1.29 is 19.3 Å². The molecule has 220 valence electrons. The van der Waals surface area contributed by atoms with Crippen molar-refractivity contribution in [2.75, 3.05) is 14.2 Å². The predicted octanol–water partition coefficient (Wildman–Crippen LogP) is 6.98. The maximum absolute atomic E-state index is 8.83. The molecule has 2 aromatic carbocycles. The number of hydrogen-bond donors (Lipinski definition) is 1. The standard InChI is InChI=1S/C16H20N2O2.C11H16O.C5H5ClN2O/c1-16(2,3)13-7-5-12(6-8-13)10-20-15-14(19-4)9-17-11-18-15;1-11(2,3)10-6-4-9(8-12)5-7-10;1-9-4-2-7-3-8-5(4)6/h5-9,11H,10H2,1-4H3;4-7,12H,8H2,1-3H3;2-3H,1H3. The van der Waals surface area contributed by atoms with Crippen LogP contribution in [0.5, 0.6) is 17.4 Å². The number of hydrogen-bond acceptors (Lipinski definition) is 8. The quantitative estimate of drug-likeness (QED) is 0.244. The highest BCUT2D eigenvalue weighted by Gasteiger charge is 2.14. The van der Waals surface area contributed by atoms with Gasteiger partial charge in [0.2, 0.25) is 0 Å². The summed E-state index contributed by atoms with van der Waals surface area (Å²) in [5, 5.41) is 9.17. The van der Waals surface area contributed by atoms with Gasteiger partial charge in [0.25, 0.3) is 5.88 Å². The van der Waals surface area contributed by atoms with Crippen molar-refractivity contribution >= 4 is 11.6 Å². The van der Waals surface area contributed by atoms with Gasteiger partial charge in [0.15, 0.2) is 16.7 Å². The van der Waals surface area contributed by atoms with Crippen molar-refractivity contribution in [1.29, 1.82) is 0 Å². The van der Waals surface area contributed by atoms with Crippen LogP contribution in [0.1, 0.15) is 63.8 Å². The molecule has 0 bridgehead atoms. The van der Waals surface area contributed by atoms with E-state index in [1.165, 1.54) is 37.1 Å². The van der Waals surface area contributed by atoms with Crippen LogP contribution in [-0.4, -0.2) is 39.3 Å². The maximum atomic E-state index is 8.83. The first-order valence-electron chi connectivity index (χ1n) is 13.1. The Balaban J connectivity index is 0.000000237. The average Bonchev–Trinajstić information content (AvgIpc) is 2.96. The van der Waals surface area contributed by atoms with Crippen molar-refractivity contribution in [2.45, 2.75) is 65.6 Å². The Hall–Kier alpha value is -3.75. The smallest absolute Gasteiger partial charge is 0.260 e. The molecule has 0 spiro atoms. The summed E-state index contributed by atoms with van der Waals surface area (Å²) in [5.41, 5.74) is 5.05. The number of methoxy groups -OCH3 is 2. The van der Waals surface area contributed by atoms with Crippen LogP contribution in [0.4, 0.5) is 0 Å². The number of halogens is 1. The SMILES string of the molecule is CC(C)(C)c1ccc(CO)cc1.COc1cncnc1Cl.COc1cncnc1OCc1ccc(C(C)(C)C)cc1. The number of aliphatic hydroxyl groups excluding tert-OH is 1. The molecular formula is C32H41ClN4O4. The summed E-state index contributed by atoms with van der Waals surface area (Å²) >= 11 is 5.55. The first kappa shape index (κ1) is 33.5. The molecule has 2 aromatic heterocycles. The average molecular weight is 581 g/mol. The zero-order valence-corrected chi connectivity index (χ0v) is 25.9. The van der Waals surface area contributed by atoms with E-state index in [0.717, 1.165) is 11.1 Å². The molecule has 9 heteroatoms. The van der Waals surface area contributed by atoms with Crippen LogP contribution in [0, 0.1) is 0 Å². The summed E-state index contributed by atoms with van der Waals surface area (Å²) in [6.07, 6.45) is 5.91. The number of benzene rings is 2. The molecule has 0 aliphatic heterocycles. The van der Waals surface area contributed by atoms with Gasteiger partial charge in [-0.05, 0) is 33.1 Å². The van der Waals surface area contributed by atoms with E-state index in [1.807, 2.05) is 12.1 Å². The summed E-state index contributed by atoms with van der Waals surface area (Å²) < 4.78 is 15.6. The Morgan fingerprint density at radius 1 is 0.683 bits per heavy atom. The van der Waals surface area contributed by atoms with Gasteiger partial charge in [0, 0.05) is 0 Å². The van der Waals surface area contributed by atoms with Gasteiger partial charge >= 0.3 is 0 Å². The third-order valence-electron chi connectivity index (χ3n) is 5.91. The van der Waals surface area contributed by atoms with Gasteiger partial charge in [-0.15, -0.1) is 0 Å². The van der Waals surface area contributed by atoms with Gasteiger partial charge in [-0.1, -0.05) is 102 Å². The highest BCUT2D eigenvalue weighted by Crippen LogP contribution is 2.25. The number of ether oxygens (including phenoxy) is 3. The summed E-state index contributed by atoms with van der Waals surface area (Å²) in [6, 6.07) is 16.5. The van der Waals surface area contributed by atoms with Crippen LogP contribution in [0.25, 0.3) is 0 Å². The normalized spacial score (nSPS) is 10.9. The third kappa shape index (κ3) is 11.3. The highest BCUT2D eigenvalue weighted by atomic mass is 35.5. The zero-order chi connectivity index (χ0) is 30.5. The first-order valence-corrected chi connectivity index (χ1v) is 13.5. The lowest BCUT2D eigenvalue weighted by Gasteiger charge is -2.19. The van der Waals surface area contributed by atoms with E-state index >= 15 is 0 Å². The van der Waals surface area contributed by atoms with Gasteiger partial charge in [-0.3, -0.25) is 0 Å². The Bertz CT molecular complexity index is 1320. The molecule has 0 aliphatic rings. The lowest BCUT2D eigenvalue weighted by Crippen LogP contribution is -2.10. The summed E-state index contributed by atoms with van der Waals surface area (Å²) in [4.78, 5) is 15.3. The van der Waals surface area contributed by atoms with Crippen molar-refractivity contribution in [3.05, 3.63) is 101 Å². The van der Waals surface area contributed by atoms with Gasteiger partial charge in [-0.25, -0.2) is 15.0 Å². The molecule has 0 aliphatic carbocycles. The lowest BCUT2D eigenvalue weighted by molar-refractivity contribution is 0.271. The van der Waals surface area contributed by atoms with Gasteiger partial charge in [0.05, 0.1) is 33.2 Å². The van der Waals surface area contributed by atoms with E-state index in [-0.39, 0.29) is 17.4 Å². The van der Waals surface area contributed by atoms with Crippen LogP contribution in [-0.2, 0) is 24.0 Å². The van der Waals surface area contributed by atoms with Gasteiger partial charge in [0.1, 0.15) is 19.3 Å². The summed E-state index contributed by atoms with van der Waals surface area (Å²) in [5.74, 6) is 1.50. The van der Waals surface area contributed by atoms with Crippen LogP contribution < -0.4 is 14.2 Å². The van der Waals surface area contributed by atoms with Crippen LogP contribution in [0.2, 0.25) is 5.15 Å².